The van der Waals surface area contributed by atoms with Gasteiger partial charge in [-0.2, -0.15) is 5.10 Å². The van der Waals surface area contributed by atoms with E-state index in [4.69, 9.17) is 16.3 Å². The summed E-state index contributed by atoms with van der Waals surface area (Å²) >= 11 is 5.89. The Morgan fingerprint density at radius 3 is 2.78 bits per heavy atom. The molecule has 124 valence electrons. The Morgan fingerprint density at radius 1 is 1.26 bits per heavy atom. The first kappa shape index (κ1) is 17.5. The second kappa shape index (κ2) is 9.33. The SMILES string of the molecule is COCCCNC(=O)CCCn1cc(-c2ccc(Cl)cc2)cn1. The summed E-state index contributed by atoms with van der Waals surface area (Å²) in [6.07, 6.45) is 5.92. The van der Waals surface area contributed by atoms with Crippen molar-refractivity contribution >= 4 is 17.5 Å². The van der Waals surface area contributed by atoms with Crippen molar-refractivity contribution in [2.24, 2.45) is 0 Å². The van der Waals surface area contributed by atoms with Crippen molar-refractivity contribution in [1.82, 2.24) is 15.1 Å². The summed E-state index contributed by atoms with van der Waals surface area (Å²) in [5.41, 5.74) is 2.13. The van der Waals surface area contributed by atoms with Gasteiger partial charge in [-0.05, 0) is 30.5 Å². The van der Waals surface area contributed by atoms with E-state index in [-0.39, 0.29) is 5.91 Å². The zero-order valence-electron chi connectivity index (χ0n) is 13.3. The molecule has 1 heterocycles. The summed E-state index contributed by atoms with van der Waals surface area (Å²) in [5.74, 6) is 0.0752. The van der Waals surface area contributed by atoms with Crippen LogP contribution in [0, 0.1) is 0 Å². The monoisotopic (exact) mass is 335 g/mol. The molecule has 1 aromatic heterocycles. The number of nitrogens with one attached hydrogen (secondary N) is 1. The van der Waals surface area contributed by atoms with Gasteiger partial charge in [0.1, 0.15) is 0 Å². The Kier molecular flexibility index (Phi) is 7.10. The Morgan fingerprint density at radius 2 is 2.04 bits per heavy atom. The smallest absolute Gasteiger partial charge is 0.220 e. The van der Waals surface area contributed by atoms with Crippen molar-refractivity contribution in [3.05, 3.63) is 41.7 Å². The van der Waals surface area contributed by atoms with Gasteiger partial charge in [0, 0.05) is 50.0 Å². The number of carbonyl (C=O) groups is 1. The number of ether oxygens (including phenoxy) is 1. The zero-order valence-corrected chi connectivity index (χ0v) is 14.1. The van der Waals surface area contributed by atoms with E-state index in [9.17, 15) is 4.79 Å². The minimum atomic E-state index is 0.0752. The first-order valence-corrected chi connectivity index (χ1v) is 8.11. The van der Waals surface area contributed by atoms with Crippen LogP contribution in [-0.2, 0) is 16.1 Å². The first-order valence-electron chi connectivity index (χ1n) is 7.73. The van der Waals surface area contributed by atoms with Gasteiger partial charge < -0.3 is 10.1 Å². The first-order chi connectivity index (χ1) is 11.2. The predicted octanol–water partition coefficient (Wildman–Crippen LogP) is 3.14. The maximum absolute atomic E-state index is 11.7. The lowest BCUT2D eigenvalue weighted by molar-refractivity contribution is -0.121. The molecule has 2 aromatic rings. The lowest BCUT2D eigenvalue weighted by Crippen LogP contribution is -2.25. The van der Waals surface area contributed by atoms with Gasteiger partial charge in [-0.1, -0.05) is 23.7 Å². The van der Waals surface area contributed by atoms with Crippen LogP contribution < -0.4 is 5.32 Å². The quantitative estimate of drug-likeness (QED) is 0.716. The van der Waals surface area contributed by atoms with E-state index in [1.54, 1.807) is 7.11 Å². The molecule has 0 fully saturated rings. The molecule has 0 radical (unpaired) electrons. The zero-order chi connectivity index (χ0) is 16.5. The number of carbonyl (C=O) groups excluding carboxylic acids is 1. The van der Waals surface area contributed by atoms with E-state index in [1.165, 1.54) is 0 Å². The summed E-state index contributed by atoms with van der Waals surface area (Å²) < 4.78 is 6.80. The van der Waals surface area contributed by atoms with Crippen molar-refractivity contribution < 1.29 is 9.53 Å². The summed E-state index contributed by atoms with van der Waals surface area (Å²) in [4.78, 5) is 11.7. The summed E-state index contributed by atoms with van der Waals surface area (Å²) in [6, 6.07) is 7.67. The topological polar surface area (TPSA) is 56.1 Å². The molecular formula is C17H22ClN3O2. The van der Waals surface area contributed by atoms with Crippen LogP contribution in [0.5, 0.6) is 0 Å². The molecule has 2 rings (SSSR count). The maximum atomic E-state index is 11.7. The largest absolute Gasteiger partial charge is 0.385 e. The fraction of sp³-hybridized carbons (Fsp3) is 0.412. The number of hydrogen-bond acceptors (Lipinski definition) is 3. The summed E-state index contributed by atoms with van der Waals surface area (Å²) in [5, 5.41) is 7.93. The van der Waals surface area contributed by atoms with E-state index in [1.807, 2.05) is 41.3 Å². The molecule has 0 aliphatic rings. The molecule has 5 nitrogen and oxygen atoms in total. The molecule has 1 amide bonds. The molecule has 0 atom stereocenters. The number of benzene rings is 1. The Hall–Kier alpha value is -1.85. The second-order valence-electron chi connectivity index (χ2n) is 5.30. The van der Waals surface area contributed by atoms with Crippen LogP contribution in [0.3, 0.4) is 0 Å². The van der Waals surface area contributed by atoms with Crippen molar-refractivity contribution in [1.29, 1.82) is 0 Å². The number of methoxy groups -OCH3 is 1. The van der Waals surface area contributed by atoms with E-state index in [0.29, 0.717) is 19.6 Å². The summed E-state index contributed by atoms with van der Waals surface area (Å²) in [6.45, 7) is 2.05. The van der Waals surface area contributed by atoms with Crippen LogP contribution in [0.2, 0.25) is 5.02 Å². The van der Waals surface area contributed by atoms with Crippen LogP contribution >= 0.6 is 11.6 Å². The van der Waals surface area contributed by atoms with Crippen LogP contribution in [0.15, 0.2) is 36.7 Å². The molecule has 6 heteroatoms. The van der Waals surface area contributed by atoms with Crippen molar-refractivity contribution in [3.8, 4) is 11.1 Å². The second-order valence-corrected chi connectivity index (χ2v) is 5.74. The third-order valence-corrected chi connectivity index (χ3v) is 3.70. The number of hydrogen-bond donors (Lipinski definition) is 1. The minimum absolute atomic E-state index is 0.0752. The average molecular weight is 336 g/mol. The van der Waals surface area contributed by atoms with Gasteiger partial charge in [-0.15, -0.1) is 0 Å². The standard InChI is InChI=1S/C17H22ClN3O2/c1-23-11-3-9-19-17(22)4-2-10-21-13-15(12-20-21)14-5-7-16(18)8-6-14/h5-8,12-13H,2-4,9-11H2,1H3,(H,19,22). The van der Waals surface area contributed by atoms with E-state index in [0.717, 1.165) is 35.5 Å². The van der Waals surface area contributed by atoms with Gasteiger partial charge in [-0.3, -0.25) is 9.48 Å². The maximum Gasteiger partial charge on any atom is 0.220 e. The molecule has 0 bridgehead atoms. The predicted molar refractivity (Wildman–Crippen MR) is 91.4 cm³/mol. The molecule has 1 N–H and O–H groups in total. The molecule has 0 aliphatic heterocycles. The van der Waals surface area contributed by atoms with Gasteiger partial charge in [0.05, 0.1) is 6.20 Å². The lowest BCUT2D eigenvalue weighted by atomic mass is 10.1. The fourth-order valence-electron chi connectivity index (χ4n) is 2.21. The molecule has 23 heavy (non-hydrogen) atoms. The van der Waals surface area contributed by atoms with Gasteiger partial charge in [0.2, 0.25) is 5.91 Å². The molecule has 1 aromatic carbocycles. The van der Waals surface area contributed by atoms with E-state index >= 15 is 0 Å². The number of rotatable bonds is 9. The third kappa shape index (κ3) is 6.04. The van der Waals surface area contributed by atoms with E-state index in [2.05, 4.69) is 10.4 Å². The van der Waals surface area contributed by atoms with Crippen LogP contribution in [0.1, 0.15) is 19.3 Å². The number of amides is 1. The number of aryl methyl sites for hydroxylation is 1. The third-order valence-electron chi connectivity index (χ3n) is 3.45. The van der Waals surface area contributed by atoms with Crippen molar-refractivity contribution in [3.63, 3.8) is 0 Å². The Bertz CT molecular complexity index is 611. The Labute approximate surface area is 141 Å². The lowest BCUT2D eigenvalue weighted by Gasteiger charge is -2.05. The highest BCUT2D eigenvalue weighted by Gasteiger charge is 2.04. The minimum Gasteiger partial charge on any atom is -0.385 e. The molecule has 0 saturated carbocycles. The van der Waals surface area contributed by atoms with Gasteiger partial charge in [0.25, 0.3) is 0 Å². The van der Waals surface area contributed by atoms with Crippen LogP contribution in [0.4, 0.5) is 0 Å². The van der Waals surface area contributed by atoms with E-state index < -0.39 is 0 Å². The molecule has 0 unspecified atom stereocenters. The van der Waals surface area contributed by atoms with Crippen molar-refractivity contribution in [2.75, 3.05) is 20.3 Å². The van der Waals surface area contributed by atoms with Crippen molar-refractivity contribution in [2.45, 2.75) is 25.8 Å². The number of nitrogens with zero attached hydrogens (tertiary/aromatic N) is 2. The van der Waals surface area contributed by atoms with Gasteiger partial charge >= 0.3 is 0 Å². The molecule has 0 spiro atoms. The average Bonchev–Trinajstić information content (AvgIpc) is 3.01. The van der Waals surface area contributed by atoms with Gasteiger partial charge in [-0.25, -0.2) is 0 Å². The van der Waals surface area contributed by atoms with Crippen LogP contribution in [0.25, 0.3) is 11.1 Å². The number of halogens is 1. The highest BCUT2D eigenvalue weighted by Crippen LogP contribution is 2.20. The summed E-state index contributed by atoms with van der Waals surface area (Å²) in [7, 11) is 1.66. The molecule has 0 aliphatic carbocycles. The normalized spacial score (nSPS) is 10.7. The fourth-order valence-corrected chi connectivity index (χ4v) is 2.34. The number of aromatic nitrogens is 2. The highest BCUT2D eigenvalue weighted by atomic mass is 35.5. The highest BCUT2D eigenvalue weighted by molar-refractivity contribution is 6.30. The van der Waals surface area contributed by atoms with Gasteiger partial charge in [0.15, 0.2) is 0 Å². The molecular weight excluding hydrogens is 314 g/mol. The molecule has 0 saturated heterocycles. The Balaban J connectivity index is 1.72. The van der Waals surface area contributed by atoms with Crippen LogP contribution in [-0.4, -0.2) is 35.9 Å².